The highest BCUT2D eigenvalue weighted by Crippen LogP contribution is 2.18. The fourth-order valence-corrected chi connectivity index (χ4v) is 2.66. The molecule has 2 heterocycles. The van der Waals surface area contributed by atoms with Crippen LogP contribution >= 0.6 is 0 Å². The van der Waals surface area contributed by atoms with Gasteiger partial charge < -0.3 is 10.6 Å². The van der Waals surface area contributed by atoms with Crippen LogP contribution in [0.15, 0.2) is 36.5 Å². The largest absolute Gasteiger partial charge is 0.325 e. The molecule has 1 atom stereocenters. The molecule has 1 aromatic heterocycles. The van der Waals surface area contributed by atoms with Crippen molar-refractivity contribution in [3.8, 4) is 0 Å². The predicted octanol–water partition coefficient (Wildman–Crippen LogP) is 2.56. The molecule has 1 saturated heterocycles. The van der Waals surface area contributed by atoms with Crippen molar-refractivity contribution in [3.63, 3.8) is 0 Å². The van der Waals surface area contributed by atoms with Gasteiger partial charge in [-0.25, -0.2) is 0 Å². The summed E-state index contributed by atoms with van der Waals surface area (Å²) in [7, 11) is 0. The lowest BCUT2D eigenvalue weighted by molar-refractivity contribution is -0.116. The number of fused-ring (bicyclic) bond motifs is 1. The van der Waals surface area contributed by atoms with Crippen LogP contribution in [0.2, 0.25) is 0 Å². The first-order valence-electron chi connectivity index (χ1n) is 7.16. The van der Waals surface area contributed by atoms with Crippen LogP contribution < -0.4 is 10.6 Å². The van der Waals surface area contributed by atoms with E-state index in [1.807, 2.05) is 30.3 Å². The van der Waals surface area contributed by atoms with Gasteiger partial charge in [0, 0.05) is 11.8 Å². The normalized spacial score (nSPS) is 18.3. The number of aromatic nitrogens is 1. The van der Waals surface area contributed by atoms with E-state index in [1.54, 1.807) is 6.20 Å². The highest BCUT2D eigenvalue weighted by molar-refractivity contribution is 5.93. The van der Waals surface area contributed by atoms with Crippen LogP contribution in [0.5, 0.6) is 0 Å². The number of anilines is 1. The molecule has 3 rings (SSSR count). The van der Waals surface area contributed by atoms with Crippen LogP contribution in [0.3, 0.4) is 0 Å². The molecule has 1 fully saturated rings. The van der Waals surface area contributed by atoms with Crippen LogP contribution in [0.25, 0.3) is 10.9 Å². The first kappa shape index (κ1) is 13.1. The highest BCUT2D eigenvalue weighted by Gasteiger charge is 2.15. The third-order valence-electron chi connectivity index (χ3n) is 3.82. The van der Waals surface area contributed by atoms with Crippen molar-refractivity contribution in [2.75, 3.05) is 18.4 Å². The molecule has 0 radical (unpaired) electrons. The maximum absolute atomic E-state index is 11.9. The molecule has 0 aliphatic carbocycles. The lowest BCUT2D eigenvalue weighted by Gasteiger charge is -2.09. The van der Waals surface area contributed by atoms with Gasteiger partial charge in [0.05, 0.1) is 17.4 Å². The van der Waals surface area contributed by atoms with Gasteiger partial charge in [-0.05, 0) is 44.0 Å². The minimum Gasteiger partial charge on any atom is -0.325 e. The van der Waals surface area contributed by atoms with Crippen molar-refractivity contribution in [2.45, 2.75) is 19.3 Å². The molecule has 4 heteroatoms. The van der Waals surface area contributed by atoms with Crippen molar-refractivity contribution in [2.24, 2.45) is 5.92 Å². The molecule has 1 amide bonds. The number of benzene rings is 1. The molecule has 4 nitrogen and oxygen atoms in total. The van der Waals surface area contributed by atoms with E-state index >= 15 is 0 Å². The summed E-state index contributed by atoms with van der Waals surface area (Å²) in [5.41, 5.74) is 1.72. The molecule has 1 aliphatic heterocycles. The predicted molar refractivity (Wildman–Crippen MR) is 80.6 cm³/mol. The monoisotopic (exact) mass is 269 g/mol. The third kappa shape index (κ3) is 3.14. The van der Waals surface area contributed by atoms with Crippen molar-refractivity contribution in [1.29, 1.82) is 0 Å². The average molecular weight is 269 g/mol. The van der Waals surface area contributed by atoms with Gasteiger partial charge in [-0.3, -0.25) is 9.78 Å². The Hall–Kier alpha value is -1.94. The minimum absolute atomic E-state index is 0.0778. The Bertz CT molecular complexity index is 605. The number of nitrogens with zero attached hydrogens (tertiary/aromatic N) is 1. The van der Waals surface area contributed by atoms with Gasteiger partial charge >= 0.3 is 0 Å². The Morgan fingerprint density at radius 2 is 2.30 bits per heavy atom. The van der Waals surface area contributed by atoms with Gasteiger partial charge in [-0.15, -0.1) is 0 Å². The molecule has 2 aromatic rings. The first-order chi connectivity index (χ1) is 9.81. The summed E-state index contributed by atoms with van der Waals surface area (Å²) < 4.78 is 0. The number of para-hydroxylation sites is 1. The molecule has 1 aliphatic rings. The standard InChI is InChI=1S/C16H19N3O/c20-16(6-5-12-7-8-17-10-12)19-14-9-13-3-1-2-4-15(13)18-11-14/h1-4,9,11-12,17H,5-8,10H2,(H,19,20). The summed E-state index contributed by atoms with van der Waals surface area (Å²) in [4.78, 5) is 16.3. The van der Waals surface area contributed by atoms with Crippen molar-refractivity contribution < 1.29 is 4.79 Å². The summed E-state index contributed by atoms with van der Waals surface area (Å²) in [6.45, 7) is 2.13. The number of rotatable bonds is 4. The van der Waals surface area contributed by atoms with E-state index in [2.05, 4.69) is 15.6 Å². The number of hydrogen-bond donors (Lipinski definition) is 2. The fraction of sp³-hybridized carbons (Fsp3) is 0.375. The van der Waals surface area contributed by atoms with Crippen LogP contribution in [0, 0.1) is 5.92 Å². The number of carbonyl (C=O) groups is 1. The Morgan fingerprint density at radius 1 is 1.40 bits per heavy atom. The van der Waals surface area contributed by atoms with E-state index in [-0.39, 0.29) is 5.91 Å². The van der Waals surface area contributed by atoms with Gasteiger partial charge in [0.2, 0.25) is 5.91 Å². The number of carbonyl (C=O) groups excluding carboxylic acids is 1. The molecule has 0 saturated carbocycles. The Kier molecular flexibility index (Phi) is 3.92. The zero-order valence-corrected chi connectivity index (χ0v) is 11.4. The van der Waals surface area contributed by atoms with Crippen molar-refractivity contribution >= 4 is 22.5 Å². The Balaban J connectivity index is 1.59. The molecule has 20 heavy (non-hydrogen) atoms. The molecule has 2 N–H and O–H groups in total. The number of nitrogens with one attached hydrogen (secondary N) is 2. The first-order valence-corrected chi connectivity index (χ1v) is 7.16. The van der Waals surface area contributed by atoms with Crippen LogP contribution in [0.4, 0.5) is 5.69 Å². The molecule has 1 aromatic carbocycles. The molecular formula is C16H19N3O. The molecular weight excluding hydrogens is 250 g/mol. The second kappa shape index (κ2) is 6.01. The van der Waals surface area contributed by atoms with Crippen molar-refractivity contribution in [3.05, 3.63) is 36.5 Å². The van der Waals surface area contributed by atoms with Crippen LogP contribution in [-0.4, -0.2) is 24.0 Å². The van der Waals surface area contributed by atoms with Gasteiger partial charge in [-0.2, -0.15) is 0 Å². The zero-order chi connectivity index (χ0) is 13.8. The van der Waals surface area contributed by atoms with E-state index in [0.29, 0.717) is 12.3 Å². The lowest BCUT2D eigenvalue weighted by atomic mass is 10.0. The van der Waals surface area contributed by atoms with Crippen molar-refractivity contribution in [1.82, 2.24) is 10.3 Å². The molecule has 0 bridgehead atoms. The van der Waals surface area contributed by atoms with Gasteiger partial charge in [0.25, 0.3) is 0 Å². The molecule has 1 unspecified atom stereocenters. The number of hydrogen-bond acceptors (Lipinski definition) is 3. The summed E-state index contributed by atoms with van der Waals surface area (Å²) in [5.74, 6) is 0.726. The SMILES string of the molecule is O=C(CCC1CCNC1)Nc1cnc2ccccc2c1. The summed E-state index contributed by atoms with van der Waals surface area (Å²) in [6.07, 6.45) is 4.45. The molecule has 0 spiro atoms. The third-order valence-corrected chi connectivity index (χ3v) is 3.82. The number of pyridine rings is 1. The topological polar surface area (TPSA) is 54.0 Å². The van der Waals surface area contributed by atoms with E-state index in [9.17, 15) is 4.79 Å². The Morgan fingerprint density at radius 3 is 3.15 bits per heavy atom. The maximum atomic E-state index is 11.9. The summed E-state index contributed by atoms with van der Waals surface area (Å²) in [6, 6.07) is 9.87. The highest BCUT2D eigenvalue weighted by atomic mass is 16.1. The molecule has 104 valence electrons. The second-order valence-corrected chi connectivity index (χ2v) is 5.36. The van der Waals surface area contributed by atoms with Gasteiger partial charge in [-0.1, -0.05) is 18.2 Å². The lowest BCUT2D eigenvalue weighted by Crippen LogP contribution is -2.15. The van der Waals surface area contributed by atoms with E-state index in [4.69, 9.17) is 0 Å². The van der Waals surface area contributed by atoms with E-state index in [1.165, 1.54) is 6.42 Å². The zero-order valence-electron chi connectivity index (χ0n) is 11.4. The Labute approximate surface area is 118 Å². The second-order valence-electron chi connectivity index (χ2n) is 5.36. The smallest absolute Gasteiger partial charge is 0.224 e. The minimum atomic E-state index is 0.0778. The van der Waals surface area contributed by atoms with E-state index < -0.39 is 0 Å². The van der Waals surface area contributed by atoms with Crippen LogP contribution in [0.1, 0.15) is 19.3 Å². The summed E-state index contributed by atoms with van der Waals surface area (Å²) >= 11 is 0. The summed E-state index contributed by atoms with van der Waals surface area (Å²) in [5, 5.41) is 7.31. The number of amides is 1. The average Bonchev–Trinajstić information content (AvgIpc) is 2.98. The van der Waals surface area contributed by atoms with Gasteiger partial charge in [0.15, 0.2) is 0 Å². The maximum Gasteiger partial charge on any atom is 0.224 e. The fourth-order valence-electron chi connectivity index (χ4n) is 2.66. The van der Waals surface area contributed by atoms with Crippen LogP contribution in [-0.2, 0) is 4.79 Å². The van der Waals surface area contributed by atoms with E-state index in [0.717, 1.165) is 36.1 Å². The van der Waals surface area contributed by atoms with Gasteiger partial charge in [0.1, 0.15) is 0 Å². The quantitative estimate of drug-likeness (QED) is 0.897.